The van der Waals surface area contributed by atoms with Gasteiger partial charge in [0.1, 0.15) is 11.2 Å². The third-order valence-electron chi connectivity index (χ3n) is 3.15. The summed E-state index contributed by atoms with van der Waals surface area (Å²) in [6, 6.07) is 6.22. The Labute approximate surface area is 105 Å². The molecule has 0 atom stereocenters. The van der Waals surface area contributed by atoms with E-state index in [9.17, 15) is 14.3 Å². The second kappa shape index (κ2) is 5.04. The van der Waals surface area contributed by atoms with E-state index in [-0.39, 0.29) is 19.0 Å². The molecule has 1 aromatic carbocycles. The number of rotatable bonds is 5. The van der Waals surface area contributed by atoms with Gasteiger partial charge in [-0.25, -0.2) is 4.39 Å². The van der Waals surface area contributed by atoms with Gasteiger partial charge in [0.25, 0.3) is 0 Å². The van der Waals surface area contributed by atoms with Crippen LogP contribution in [0.1, 0.15) is 5.56 Å². The number of carboxylic acid groups (broad SMARTS) is 1. The molecule has 1 saturated heterocycles. The number of hydrogen-bond donors (Lipinski definition) is 1. The minimum absolute atomic E-state index is 0.260. The zero-order chi connectivity index (χ0) is 13.2. The fourth-order valence-corrected chi connectivity index (χ4v) is 2.10. The number of carboxylic acids is 1. The Bertz CT molecular complexity index is 428. The van der Waals surface area contributed by atoms with Crippen molar-refractivity contribution in [3.8, 4) is 0 Å². The van der Waals surface area contributed by atoms with Gasteiger partial charge in [0, 0.05) is 13.1 Å². The lowest BCUT2D eigenvalue weighted by Gasteiger charge is -2.40. The van der Waals surface area contributed by atoms with E-state index in [1.165, 1.54) is 12.1 Å². The standard InChI is InChI=1S/C13H16FNO3/c1-15(6-10-2-4-11(14)5-3-10)7-13(12(16)17)8-18-9-13/h2-5H,6-9H2,1H3,(H,16,17). The van der Waals surface area contributed by atoms with Gasteiger partial charge >= 0.3 is 5.97 Å². The molecule has 1 aromatic rings. The van der Waals surface area contributed by atoms with Gasteiger partial charge < -0.3 is 14.7 Å². The number of aliphatic carboxylic acids is 1. The fourth-order valence-electron chi connectivity index (χ4n) is 2.10. The second-order valence-electron chi connectivity index (χ2n) is 4.88. The minimum Gasteiger partial charge on any atom is -0.481 e. The summed E-state index contributed by atoms with van der Waals surface area (Å²) < 4.78 is 17.8. The van der Waals surface area contributed by atoms with Gasteiger partial charge in [-0.1, -0.05) is 12.1 Å². The number of benzene rings is 1. The van der Waals surface area contributed by atoms with Crippen LogP contribution in [0.15, 0.2) is 24.3 Å². The van der Waals surface area contributed by atoms with Gasteiger partial charge in [0.05, 0.1) is 13.2 Å². The maximum Gasteiger partial charge on any atom is 0.315 e. The van der Waals surface area contributed by atoms with Crippen molar-refractivity contribution < 1.29 is 19.0 Å². The van der Waals surface area contributed by atoms with Crippen LogP contribution in [-0.2, 0) is 16.1 Å². The van der Waals surface area contributed by atoms with E-state index in [0.717, 1.165) is 5.56 Å². The van der Waals surface area contributed by atoms with Gasteiger partial charge in [-0.05, 0) is 24.7 Å². The summed E-state index contributed by atoms with van der Waals surface area (Å²) in [5.41, 5.74) is 0.175. The summed E-state index contributed by atoms with van der Waals surface area (Å²) in [4.78, 5) is 13.1. The third-order valence-corrected chi connectivity index (χ3v) is 3.15. The van der Waals surface area contributed by atoms with Crippen molar-refractivity contribution >= 4 is 5.97 Å². The molecule has 0 aromatic heterocycles. The maximum atomic E-state index is 12.8. The van der Waals surface area contributed by atoms with Crippen molar-refractivity contribution in [3.05, 3.63) is 35.6 Å². The third kappa shape index (κ3) is 2.68. The highest BCUT2D eigenvalue weighted by Crippen LogP contribution is 2.29. The van der Waals surface area contributed by atoms with Crippen LogP contribution in [-0.4, -0.2) is 42.8 Å². The van der Waals surface area contributed by atoms with Crippen LogP contribution in [0.3, 0.4) is 0 Å². The molecule has 1 heterocycles. The topological polar surface area (TPSA) is 49.8 Å². The Morgan fingerprint density at radius 1 is 1.44 bits per heavy atom. The number of halogens is 1. The van der Waals surface area contributed by atoms with Crippen molar-refractivity contribution in [2.45, 2.75) is 6.54 Å². The molecule has 18 heavy (non-hydrogen) atoms. The van der Waals surface area contributed by atoms with Gasteiger partial charge in [-0.2, -0.15) is 0 Å². The summed E-state index contributed by atoms with van der Waals surface area (Å²) >= 11 is 0. The molecule has 1 aliphatic heterocycles. The molecule has 1 aliphatic rings. The average Bonchev–Trinajstić information content (AvgIpc) is 2.26. The molecule has 4 nitrogen and oxygen atoms in total. The Morgan fingerprint density at radius 3 is 2.50 bits per heavy atom. The number of nitrogens with zero attached hydrogens (tertiary/aromatic N) is 1. The highest BCUT2D eigenvalue weighted by Gasteiger charge is 2.46. The molecule has 0 spiro atoms. The first kappa shape index (κ1) is 13.0. The van der Waals surface area contributed by atoms with E-state index in [1.807, 2.05) is 11.9 Å². The molecule has 2 rings (SSSR count). The number of carbonyl (C=O) groups is 1. The molecule has 0 bridgehead atoms. The SMILES string of the molecule is CN(Cc1ccc(F)cc1)CC1(C(=O)O)COC1. The Hall–Kier alpha value is -1.46. The first-order valence-electron chi connectivity index (χ1n) is 5.76. The Balaban J connectivity index is 1.94. The van der Waals surface area contributed by atoms with Gasteiger partial charge in [-0.3, -0.25) is 4.79 Å². The smallest absolute Gasteiger partial charge is 0.315 e. The molecule has 0 saturated carbocycles. The van der Waals surface area contributed by atoms with Gasteiger partial charge in [-0.15, -0.1) is 0 Å². The first-order valence-corrected chi connectivity index (χ1v) is 5.76. The summed E-state index contributed by atoms with van der Waals surface area (Å²) in [6.07, 6.45) is 0. The van der Waals surface area contributed by atoms with Crippen molar-refractivity contribution in [2.24, 2.45) is 5.41 Å². The van der Waals surface area contributed by atoms with Gasteiger partial charge in [0.2, 0.25) is 0 Å². The molecule has 98 valence electrons. The van der Waals surface area contributed by atoms with E-state index in [1.54, 1.807) is 12.1 Å². The summed E-state index contributed by atoms with van der Waals surface area (Å²) in [5.74, 6) is -1.09. The van der Waals surface area contributed by atoms with E-state index < -0.39 is 11.4 Å². The van der Waals surface area contributed by atoms with Crippen molar-refractivity contribution in [1.29, 1.82) is 0 Å². The van der Waals surface area contributed by atoms with Crippen LogP contribution in [0.25, 0.3) is 0 Å². The zero-order valence-corrected chi connectivity index (χ0v) is 10.2. The highest BCUT2D eigenvalue weighted by atomic mass is 19.1. The maximum absolute atomic E-state index is 12.8. The van der Waals surface area contributed by atoms with Crippen LogP contribution in [0, 0.1) is 11.2 Å². The summed E-state index contributed by atoms with van der Waals surface area (Å²) in [5, 5.41) is 9.18. The molecule has 0 aliphatic carbocycles. The lowest BCUT2D eigenvalue weighted by Crippen LogP contribution is -2.55. The first-order chi connectivity index (χ1) is 8.52. The summed E-state index contributed by atoms with van der Waals surface area (Å²) in [6.45, 7) is 1.54. The average molecular weight is 253 g/mol. The molecule has 5 heteroatoms. The molecule has 0 amide bonds. The molecule has 1 fully saturated rings. The molecule has 0 radical (unpaired) electrons. The van der Waals surface area contributed by atoms with Crippen LogP contribution in [0.5, 0.6) is 0 Å². The number of hydrogen-bond acceptors (Lipinski definition) is 3. The highest BCUT2D eigenvalue weighted by molar-refractivity contribution is 5.76. The molecular formula is C13H16FNO3. The lowest BCUT2D eigenvalue weighted by molar-refractivity contribution is -0.183. The van der Waals surface area contributed by atoms with Crippen LogP contribution >= 0.6 is 0 Å². The largest absolute Gasteiger partial charge is 0.481 e. The van der Waals surface area contributed by atoms with Crippen molar-refractivity contribution in [1.82, 2.24) is 4.90 Å². The van der Waals surface area contributed by atoms with E-state index in [4.69, 9.17) is 4.74 Å². The minimum atomic E-state index is -0.820. The molecular weight excluding hydrogens is 237 g/mol. The normalized spacial score (nSPS) is 17.5. The van der Waals surface area contributed by atoms with E-state index in [0.29, 0.717) is 13.1 Å². The quantitative estimate of drug-likeness (QED) is 0.860. The summed E-state index contributed by atoms with van der Waals surface area (Å²) in [7, 11) is 1.85. The lowest BCUT2D eigenvalue weighted by atomic mass is 9.85. The van der Waals surface area contributed by atoms with Crippen molar-refractivity contribution in [2.75, 3.05) is 26.8 Å². The predicted octanol–water partition coefficient (Wildman–Crippen LogP) is 1.36. The van der Waals surface area contributed by atoms with Crippen LogP contribution < -0.4 is 0 Å². The fraction of sp³-hybridized carbons (Fsp3) is 0.462. The van der Waals surface area contributed by atoms with Gasteiger partial charge in [0.15, 0.2) is 0 Å². The zero-order valence-electron chi connectivity index (χ0n) is 10.2. The van der Waals surface area contributed by atoms with E-state index in [2.05, 4.69) is 0 Å². The van der Waals surface area contributed by atoms with E-state index >= 15 is 0 Å². The predicted molar refractivity (Wildman–Crippen MR) is 63.6 cm³/mol. The van der Waals surface area contributed by atoms with Crippen LogP contribution in [0.4, 0.5) is 4.39 Å². The molecule has 1 N–H and O–H groups in total. The molecule has 0 unspecified atom stereocenters. The van der Waals surface area contributed by atoms with Crippen LogP contribution in [0.2, 0.25) is 0 Å². The Morgan fingerprint density at radius 2 is 2.06 bits per heavy atom. The van der Waals surface area contributed by atoms with Crippen molar-refractivity contribution in [3.63, 3.8) is 0 Å². The Kier molecular flexibility index (Phi) is 3.63. The second-order valence-corrected chi connectivity index (χ2v) is 4.88. The number of ether oxygens (including phenoxy) is 1. The monoisotopic (exact) mass is 253 g/mol.